The van der Waals surface area contributed by atoms with Crippen LogP contribution in [0.25, 0.3) is 10.9 Å². The second kappa shape index (κ2) is 8.42. The zero-order valence-electron chi connectivity index (χ0n) is 16.8. The Bertz CT molecular complexity index is 1080. The number of hydrogen-bond donors (Lipinski definition) is 0. The smallest absolute Gasteiger partial charge is 0.171 e. The first-order valence-corrected chi connectivity index (χ1v) is 9.92. The molecule has 0 N–H and O–H groups in total. The molecule has 0 saturated heterocycles. The summed E-state index contributed by atoms with van der Waals surface area (Å²) in [6.45, 7) is 5.50. The predicted octanol–water partition coefficient (Wildman–Crippen LogP) is 6.00. The van der Waals surface area contributed by atoms with Crippen LogP contribution >= 0.6 is 11.6 Å². The largest absolute Gasteiger partial charge is 0.299 e. The maximum atomic E-state index is 15.1. The molecule has 1 heterocycles. The number of carbonyl (C=O) groups is 2. The lowest BCUT2D eigenvalue weighted by Gasteiger charge is -2.17. The highest BCUT2D eigenvalue weighted by Crippen LogP contribution is 2.27. The topological polar surface area (TPSA) is 47.0 Å². The average Bonchev–Trinajstić information content (AvgIpc) is 2.67. The molecule has 3 rings (SSSR count). The van der Waals surface area contributed by atoms with Crippen molar-refractivity contribution in [1.82, 2.24) is 4.98 Å². The molecule has 3 nitrogen and oxygen atoms in total. The molecule has 0 unspecified atom stereocenters. The molecule has 0 aliphatic heterocycles. The fourth-order valence-electron chi connectivity index (χ4n) is 3.24. The van der Waals surface area contributed by atoms with E-state index in [9.17, 15) is 9.59 Å². The summed E-state index contributed by atoms with van der Waals surface area (Å²) in [4.78, 5) is 29.5. The molecule has 0 radical (unpaired) electrons. The summed E-state index contributed by atoms with van der Waals surface area (Å²) in [5, 5.41) is 0.991. The van der Waals surface area contributed by atoms with Gasteiger partial charge in [-0.2, -0.15) is 0 Å². The molecule has 29 heavy (non-hydrogen) atoms. The Morgan fingerprint density at radius 2 is 1.76 bits per heavy atom. The lowest BCUT2D eigenvalue weighted by molar-refractivity contribution is -0.126. The van der Waals surface area contributed by atoms with Crippen molar-refractivity contribution in [1.29, 1.82) is 0 Å². The molecule has 0 amide bonds. The van der Waals surface area contributed by atoms with Crippen LogP contribution in [-0.2, 0) is 17.6 Å². The molecule has 0 aliphatic carbocycles. The van der Waals surface area contributed by atoms with Gasteiger partial charge in [-0.15, -0.1) is 0 Å². The first-order chi connectivity index (χ1) is 13.7. The lowest BCUT2D eigenvalue weighted by atomic mass is 9.87. The van der Waals surface area contributed by atoms with Crippen molar-refractivity contribution >= 4 is 34.1 Å². The van der Waals surface area contributed by atoms with Gasteiger partial charge < -0.3 is 0 Å². The zero-order chi connectivity index (χ0) is 21.2. The second-order valence-corrected chi connectivity index (χ2v) is 8.57. The van der Waals surface area contributed by atoms with E-state index in [-0.39, 0.29) is 35.6 Å². The first kappa shape index (κ1) is 21.1. The van der Waals surface area contributed by atoms with E-state index in [0.29, 0.717) is 11.1 Å². The monoisotopic (exact) mass is 411 g/mol. The molecule has 0 fully saturated rings. The first-order valence-electron chi connectivity index (χ1n) is 9.54. The average molecular weight is 412 g/mol. The number of hydrogen-bond acceptors (Lipinski definition) is 3. The molecule has 0 atom stereocenters. The summed E-state index contributed by atoms with van der Waals surface area (Å²) in [6.07, 6.45) is 2.10. The van der Waals surface area contributed by atoms with Gasteiger partial charge in [-0.3, -0.25) is 14.6 Å². The number of benzene rings is 2. The van der Waals surface area contributed by atoms with Crippen LogP contribution in [0.5, 0.6) is 0 Å². The quantitative estimate of drug-likeness (QED) is 0.467. The molecule has 150 valence electrons. The summed E-state index contributed by atoms with van der Waals surface area (Å²) in [7, 11) is 0. The number of Topliss-reactive ketones (excluding diaryl/α,β-unsaturated/α-hetero) is 2. The summed E-state index contributed by atoms with van der Waals surface area (Å²) in [5.41, 5.74) is 1.15. The Balaban J connectivity index is 1.88. The van der Waals surface area contributed by atoms with Crippen molar-refractivity contribution < 1.29 is 14.0 Å². The van der Waals surface area contributed by atoms with E-state index in [1.807, 2.05) is 51.1 Å². The number of nitrogens with zero attached hydrogens (tertiary/aromatic N) is 1. The number of halogens is 2. The number of carbonyl (C=O) groups excluding carboxylic acids is 2. The standard InChI is InChI=1S/C24H23ClFNO2/c1-24(2,3)20(29)12-10-15-9-11-18(25)21(22(15)26)19(28)14-17-7-4-6-16-8-5-13-27-23(16)17/h4-9,11,13H,10,12,14H2,1-3H3. The van der Waals surface area contributed by atoms with Crippen LogP contribution in [0.15, 0.2) is 48.7 Å². The maximum absolute atomic E-state index is 15.1. The van der Waals surface area contributed by atoms with Gasteiger partial charge in [0.2, 0.25) is 0 Å². The molecule has 0 aliphatic rings. The van der Waals surface area contributed by atoms with Gasteiger partial charge >= 0.3 is 0 Å². The van der Waals surface area contributed by atoms with Gasteiger partial charge in [-0.1, -0.05) is 62.7 Å². The second-order valence-electron chi connectivity index (χ2n) is 8.16. The molecule has 0 spiro atoms. The molecular weight excluding hydrogens is 389 g/mol. The van der Waals surface area contributed by atoms with E-state index in [2.05, 4.69) is 4.98 Å². The van der Waals surface area contributed by atoms with E-state index < -0.39 is 17.0 Å². The van der Waals surface area contributed by atoms with Gasteiger partial charge in [0.15, 0.2) is 5.78 Å². The summed E-state index contributed by atoms with van der Waals surface area (Å²) in [5.74, 6) is -1.01. The molecule has 5 heteroatoms. The number of aromatic nitrogens is 1. The van der Waals surface area contributed by atoms with Crippen LogP contribution in [-0.4, -0.2) is 16.6 Å². The van der Waals surface area contributed by atoms with E-state index in [1.54, 1.807) is 12.3 Å². The van der Waals surface area contributed by atoms with E-state index in [4.69, 9.17) is 11.6 Å². The highest BCUT2D eigenvalue weighted by Gasteiger charge is 2.23. The fourth-order valence-corrected chi connectivity index (χ4v) is 3.49. The minimum Gasteiger partial charge on any atom is -0.299 e. The number of pyridine rings is 1. The number of rotatable bonds is 6. The van der Waals surface area contributed by atoms with Crippen LogP contribution in [0.1, 0.15) is 48.7 Å². The maximum Gasteiger partial charge on any atom is 0.171 e. The molecule has 0 bridgehead atoms. The van der Waals surface area contributed by atoms with Crippen molar-refractivity contribution in [3.05, 3.63) is 76.2 Å². The van der Waals surface area contributed by atoms with Gasteiger partial charge in [0.25, 0.3) is 0 Å². The van der Waals surface area contributed by atoms with Crippen molar-refractivity contribution in [3.8, 4) is 0 Å². The van der Waals surface area contributed by atoms with Crippen molar-refractivity contribution in [2.75, 3.05) is 0 Å². The minimum atomic E-state index is -0.641. The normalized spacial score (nSPS) is 11.6. The van der Waals surface area contributed by atoms with Gasteiger partial charge in [0, 0.05) is 29.8 Å². The van der Waals surface area contributed by atoms with Gasteiger partial charge in [-0.25, -0.2) is 4.39 Å². The van der Waals surface area contributed by atoms with E-state index >= 15 is 4.39 Å². The predicted molar refractivity (Wildman–Crippen MR) is 114 cm³/mol. The van der Waals surface area contributed by atoms with Crippen LogP contribution in [0.3, 0.4) is 0 Å². The number of para-hydroxylation sites is 1. The summed E-state index contributed by atoms with van der Waals surface area (Å²) in [6, 6.07) is 12.4. The Kier molecular flexibility index (Phi) is 6.13. The van der Waals surface area contributed by atoms with Gasteiger partial charge in [0.1, 0.15) is 11.6 Å². The highest BCUT2D eigenvalue weighted by molar-refractivity contribution is 6.34. The van der Waals surface area contributed by atoms with Crippen LogP contribution < -0.4 is 0 Å². The number of fused-ring (bicyclic) bond motifs is 1. The Hall–Kier alpha value is -2.59. The molecular formula is C24H23ClFNO2. The highest BCUT2D eigenvalue weighted by atomic mass is 35.5. The number of ketones is 2. The third-order valence-electron chi connectivity index (χ3n) is 4.98. The molecule has 1 aromatic heterocycles. The third kappa shape index (κ3) is 4.70. The van der Waals surface area contributed by atoms with Crippen molar-refractivity contribution in [2.45, 2.75) is 40.0 Å². The molecule has 0 saturated carbocycles. The van der Waals surface area contributed by atoms with Crippen molar-refractivity contribution in [2.24, 2.45) is 5.41 Å². The fraction of sp³-hybridized carbons (Fsp3) is 0.292. The molecule has 3 aromatic rings. The lowest BCUT2D eigenvalue weighted by Crippen LogP contribution is -2.20. The zero-order valence-corrected chi connectivity index (χ0v) is 17.5. The minimum absolute atomic E-state index is 0.00459. The van der Waals surface area contributed by atoms with E-state index in [0.717, 1.165) is 10.9 Å². The third-order valence-corrected chi connectivity index (χ3v) is 5.29. The summed E-state index contributed by atoms with van der Waals surface area (Å²) >= 11 is 6.17. The Morgan fingerprint density at radius 1 is 1.03 bits per heavy atom. The Labute approximate surface area is 174 Å². The molecule has 2 aromatic carbocycles. The number of aryl methyl sites for hydroxylation is 1. The summed E-state index contributed by atoms with van der Waals surface area (Å²) < 4.78 is 15.1. The SMILES string of the molecule is CC(C)(C)C(=O)CCc1ccc(Cl)c(C(=O)Cc2cccc3cccnc23)c1F. The van der Waals surface area contributed by atoms with Crippen LogP contribution in [0.4, 0.5) is 4.39 Å². The van der Waals surface area contributed by atoms with Gasteiger partial charge in [-0.05, 0) is 29.7 Å². The van der Waals surface area contributed by atoms with Gasteiger partial charge in [0.05, 0.1) is 16.1 Å². The van der Waals surface area contributed by atoms with E-state index in [1.165, 1.54) is 6.07 Å². The Morgan fingerprint density at radius 3 is 2.48 bits per heavy atom. The van der Waals surface area contributed by atoms with Crippen LogP contribution in [0, 0.1) is 11.2 Å². The van der Waals surface area contributed by atoms with Crippen LogP contribution in [0.2, 0.25) is 5.02 Å². The van der Waals surface area contributed by atoms with Crippen molar-refractivity contribution in [3.63, 3.8) is 0 Å².